The number of hydrogen-bond acceptors (Lipinski definition) is 6. The van der Waals surface area contributed by atoms with Crippen LogP contribution < -0.4 is 0 Å². The standard InChI is InChI=1S/C25H27N3O2S/c1-14-20(23(15(2)29)30-25(3,4)5)21(16-10-11-17(12-26)27-13-16)22-18-8-6-7-9-19(18)31-24(22)28-14/h10-11,13,23H,6-9H2,1-5H3/t23-/m1/s1. The summed E-state index contributed by atoms with van der Waals surface area (Å²) < 4.78 is 6.28. The number of carbonyl (C=O) groups excluding carboxylic acids is 1. The van der Waals surface area contributed by atoms with Crippen molar-refractivity contribution < 1.29 is 9.53 Å². The first kappa shape index (κ1) is 21.6. The van der Waals surface area contributed by atoms with Crippen LogP contribution >= 0.6 is 11.3 Å². The number of rotatable bonds is 4. The topological polar surface area (TPSA) is 75.9 Å². The van der Waals surface area contributed by atoms with Crippen LogP contribution in [0.2, 0.25) is 0 Å². The zero-order chi connectivity index (χ0) is 22.3. The maximum atomic E-state index is 12.8. The summed E-state index contributed by atoms with van der Waals surface area (Å²) in [7, 11) is 0. The van der Waals surface area contributed by atoms with E-state index in [-0.39, 0.29) is 5.78 Å². The zero-order valence-electron chi connectivity index (χ0n) is 18.7. The van der Waals surface area contributed by atoms with Crippen LogP contribution in [0.4, 0.5) is 0 Å². The van der Waals surface area contributed by atoms with E-state index in [1.807, 2.05) is 33.8 Å². The highest BCUT2D eigenvalue weighted by Crippen LogP contribution is 2.45. The van der Waals surface area contributed by atoms with Gasteiger partial charge in [-0.25, -0.2) is 9.97 Å². The molecule has 3 aromatic rings. The lowest BCUT2D eigenvalue weighted by Gasteiger charge is -2.29. The first-order valence-electron chi connectivity index (χ1n) is 10.7. The smallest absolute Gasteiger partial charge is 0.163 e. The predicted octanol–water partition coefficient (Wildman–Crippen LogP) is 5.86. The Bertz CT molecular complexity index is 1200. The second-order valence-electron chi connectivity index (χ2n) is 9.14. The number of carbonyl (C=O) groups is 1. The molecule has 1 atom stereocenters. The van der Waals surface area contributed by atoms with Crippen LogP contribution in [0.5, 0.6) is 0 Å². The number of fused-ring (bicyclic) bond motifs is 3. The molecule has 0 radical (unpaired) electrons. The first-order valence-corrected chi connectivity index (χ1v) is 11.5. The molecule has 3 heterocycles. The zero-order valence-corrected chi connectivity index (χ0v) is 19.5. The molecule has 1 aliphatic carbocycles. The lowest BCUT2D eigenvalue weighted by atomic mass is 9.87. The minimum absolute atomic E-state index is 0.0499. The van der Waals surface area contributed by atoms with Crippen molar-refractivity contribution in [1.29, 1.82) is 5.26 Å². The van der Waals surface area contributed by atoms with Crippen LogP contribution in [0.1, 0.15) is 74.0 Å². The van der Waals surface area contributed by atoms with Crippen LogP contribution in [0.3, 0.4) is 0 Å². The first-order chi connectivity index (χ1) is 14.7. The number of aryl methyl sites for hydroxylation is 3. The molecule has 160 valence electrons. The molecular weight excluding hydrogens is 406 g/mol. The van der Waals surface area contributed by atoms with E-state index in [0.29, 0.717) is 5.69 Å². The summed E-state index contributed by atoms with van der Waals surface area (Å²) in [4.78, 5) is 24.5. The number of ketones is 1. The number of aromatic nitrogens is 2. The van der Waals surface area contributed by atoms with Gasteiger partial charge < -0.3 is 4.74 Å². The van der Waals surface area contributed by atoms with Crippen LogP contribution in [0.25, 0.3) is 21.3 Å². The van der Waals surface area contributed by atoms with Gasteiger partial charge in [0.1, 0.15) is 22.7 Å². The third kappa shape index (κ3) is 4.13. The summed E-state index contributed by atoms with van der Waals surface area (Å²) in [6, 6.07) is 5.74. The van der Waals surface area contributed by atoms with Crippen LogP contribution in [0.15, 0.2) is 18.3 Å². The summed E-state index contributed by atoms with van der Waals surface area (Å²) in [6.07, 6.45) is 5.45. The van der Waals surface area contributed by atoms with Crippen molar-refractivity contribution in [3.8, 4) is 17.2 Å². The Morgan fingerprint density at radius 2 is 2.00 bits per heavy atom. The molecule has 0 fully saturated rings. The molecule has 1 aliphatic rings. The Hall–Kier alpha value is -2.62. The quantitative estimate of drug-likeness (QED) is 0.515. The average Bonchev–Trinajstić information content (AvgIpc) is 3.08. The minimum atomic E-state index is -0.721. The van der Waals surface area contributed by atoms with Crippen LogP contribution in [0, 0.1) is 18.3 Å². The Morgan fingerprint density at radius 3 is 2.61 bits per heavy atom. The largest absolute Gasteiger partial charge is 0.360 e. The monoisotopic (exact) mass is 433 g/mol. The molecule has 4 rings (SSSR count). The highest BCUT2D eigenvalue weighted by molar-refractivity contribution is 7.19. The maximum Gasteiger partial charge on any atom is 0.163 e. The molecule has 0 aliphatic heterocycles. The van der Waals surface area contributed by atoms with Crippen molar-refractivity contribution in [2.75, 3.05) is 0 Å². The lowest BCUT2D eigenvalue weighted by molar-refractivity contribution is -0.138. The predicted molar refractivity (Wildman–Crippen MR) is 123 cm³/mol. The van der Waals surface area contributed by atoms with Gasteiger partial charge in [-0.3, -0.25) is 4.79 Å². The second kappa shape index (κ2) is 8.14. The third-order valence-electron chi connectivity index (χ3n) is 5.60. The lowest BCUT2D eigenvalue weighted by Crippen LogP contribution is -2.27. The van der Waals surface area contributed by atoms with Gasteiger partial charge in [0.15, 0.2) is 5.78 Å². The normalized spacial score (nSPS) is 14.8. The van der Waals surface area contributed by atoms with E-state index in [1.165, 1.54) is 16.9 Å². The molecule has 0 aromatic carbocycles. The van der Waals surface area contributed by atoms with E-state index < -0.39 is 11.7 Å². The number of hydrogen-bond donors (Lipinski definition) is 0. The maximum absolute atomic E-state index is 12.8. The van der Waals surface area contributed by atoms with Crippen molar-refractivity contribution in [2.45, 2.75) is 72.0 Å². The minimum Gasteiger partial charge on any atom is -0.360 e. The molecule has 3 aromatic heterocycles. The molecule has 0 saturated heterocycles. The van der Waals surface area contributed by atoms with Crippen molar-refractivity contribution >= 4 is 27.3 Å². The van der Waals surface area contributed by atoms with E-state index in [2.05, 4.69) is 11.1 Å². The van der Waals surface area contributed by atoms with Gasteiger partial charge in [0, 0.05) is 38.8 Å². The van der Waals surface area contributed by atoms with Crippen LogP contribution in [-0.2, 0) is 22.4 Å². The summed E-state index contributed by atoms with van der Waals surface area (Å²) in [6.45, 7) is 9.40. The number of Topliss-reactive ketones (excluding diaryl/α,β-unsaturated/α-hetero) is 1. The summed E-state index contributed by atoms with van der Waals surface area (Å²) in [5.41, 5.74) is 4.70. The van der Waals surface area contributed by atoms with E-state index in [9.17, 15) is 10.1 Å². The molecule has 0 N–H and O–H groups in total. The molecule has 5 nitrogen and oxygen atoms in total. The Labute approximate surface area is 187 Å². The fourth-order valence-corrected chi connectivity index (χ4v) is 5.66. The van der Waals surface area contributed by atoms with E-state index >= 15 is 0 Å². The SMILES string of the molecule is CC(=O)[C@@H](OC(C)(C)C)c1c(C)nc2sc3c(c2c1-c1ccc(C#N)nc1)CCCC3. The molecule has 0 spiro atoms. The van der Waals surface area contributed by atoms with Crippen molar-refractivity contribution in [3.05, 3.63) is 45.7 Å². The second-order valence-corrected chi connectivity index (χ2v) is 10.2. The highest BCUT2D eigenvalue weighted by atomic mass is 32.1. The van der Waals surface area contributed by atoms with Gasteiger partial charge in [0.05, 0.1) is 5.60 Å². The highest BCUT2D eigenvalue weighted by Gasteiger charge is 2.32. The molecule has 0 saturated carbocycles. The summed E-state index contributed by atoms with van der Waals surface area (Å²) >= 11 is 1.76. The summed E-state index contributed by atoms with van der Waals surface area (Å²) in [5.74, 6) is -0.0499. The van der Waals surface area contributed by atoms with Gasteiger partial charge in [-0.15, -0.1) is 11.3 Å². The molecular formula is C25H27N3O2S. The fourth-order valence-electron chi connectivity index (χ4n) is 4.34. The molecule has 31 heavy (non-hydrogen) atoms. The average molecular weight is 434 g/mol. The summed E-state index contributed by atoms with van der Waals surface area (Å²) in [5, 5.41) is 10.3. The van der Waals surface area contributed by atoms with Gasteiger partial charge in [0.25, 0.3) is 0 Å². The number of ether oxygens (including phenoxy) is 1. The van der Waals surface area contributed by atoms with Gasteiger partial charge in [-0.2, -0.15) is 5.26 Å². The van der Waals surface area contributed by atoms with Crippen LogP contribution in [-0.4, -0.2) is 21.4 Å². The van der Waals surface area contributed by atoms with E-state index in [1.54, 1.807) is 30.5 Å². The number of nitrogens with zero attached hydrogens (tertiary/aromatic N) is 3. The molecule has 0 amide bonds. The molecule has 6 heteroatoms. The van der Waals surface area contributed by atoms with Gasteiger partial charge >= 0.3 is 0 Å². The Morgan fingerprint density at radius 1 is 1.26 bits per heavy atom. The van der Waals surface area contributed by atoms with Crippen molar-refractivity contribution in [1.82, 2.24) is 9.97 Å². The Kier molecular flexibility index (Phi) is 5.67. The van der Waals surface area contributed by atoms with Crippen molar-refractivity contribution in [2.24, 2.45) is 0 Å². The number of nitriles is 1. The van der Waals surface area contributed by atoms with Crippen molar-refractivity contribution in [3.63, 3.8) is 0 Å². The fraction of sp³-hybridized carbons (Fsp3) is 0.440. The third-order valence-corrected chi connectivity index (χ3v) is 6.79. The molecule has 0 unspecified atom stereocenters. The number of thiophene rings is 1. The molecule has 0 bridgehead atoms. The van der Waals surface area contributed by atoms with Gasteiger partial charge in [-0.05, 0) is 78.0 Å². The van der Waals surface area contributed by atoms with Gasteiger partial charge in [-0.1, -0.05) is 0 Å². The Balaban J connectivity index is 2.08. The van der Waals surface area contributed by atoms with E-state index in [4.69, 9.17) is 9.72 Å². The van der Waals surface area contributed by atoms with Gasteiger partial charge in [0.2, 0.25) is 0 Å². The number of pyridine rings is 2. The van der Waals surface area contributed by atoms with E-state index in [0.717, 1.165) is 51.9 Å².